The van der Waals surface area contributed by atoms with Crippen LogP contribution in [0.5, 0.6) is 0 Å². The van der Waals surface area contributed by atoms with Crippen molar-refractivity contribution in [3.8, 4) is 11.1 Å². The Balaban J connectivity index is 1.71. The summed E-state index contributed by atoms with van der Waals surface area (Å²) >= 11 is 0. The largest absolute Gasteiger partial charge is 0.342 e. The van der Waals surface area contributed by atoms with Crippen molar-refractivity contribution >= 4 is 11.7 Å². The molecule has 0 fully saturated rings. The molecule has 4 nitrogen and oxygen atoms in total. The Morgan fingerprint density at radius 3 is 2.37 bits per heavy atom. The van der Waals surface area contributed by atoms with Gasteiger partial charge >= 0.3 is 0 Å². The average Bonchev–Trinajstić information content (AvgIpc) is 2.77. The molecule has 0 radical (unpaired) electrons. The van der Waals surface area contributed by atoms with Gasteiger partial charge in [0.1, 0.15) is 5.82 Å². The van der Waals surface area contributed by atoms with Crippen LogP contribution in [-0.4, -0.2) is 35.2 Å². The molecule has 2 aromatic carbocycles. The molecular weight excluding hydrogens is 379 g/mol. The van der Waals surface area contributed by atoms with Gasteiger partial charge in [-0.2, -0.15) is 0 Å². The second-order valence-corrected chi connectivity index (χ2v) is 7.26. The first-order valence-electron chi connectivity index (χ1n) is 10.00. The third-order valence-corrected chi connectivity index (χ3v) is 5.30. The van der Waals surface area contributed by atoms with E-state index in [0.29, 0.717) is 30.5 Å². The van der Waals surface area contributed by atoms with E-state index in [1.807, 2.05) is 26.0 Å². The van der Waals surface area contributed by atoms with E-state index in [2.05, 4.69) is 4.98 Å². The number of carbonyl (C=O) groups excluding carboxylic acids is 2. The molecule has 0 aliphatic carbocycles. The number of amides is 1. The summed E-state index contributed by atoms with van der Waals surface area (Å²) in [7, 11) is 1.64. The van der Waals surface area contributed by atoms with Crippen LogP contribution in [-0.2, 0) is 6.42 Å². The van der Waals surface area contributed by atoms with Crippen LogP contribution >= 0.6 is 0 Å². The van der Waals surface area contributed by atoms with Gasteiger partial charge in [-0.3, -0.25) is 14.6 Å². The number of halogens is 1. The fourth-order valence-corrected chi connectivity index (χ4v) is 3.24. The van der Waals surface area contributed by atoms with Gasteiger partial charge < -0.3 is 4.90 Å². The first-order chi connectivity index (χ1) is 14.4. The first kappa shape index (κ1) is 21.4. The molecule has 154 valence electrons. The minimum Gasteiger partial charge on any atom is -0.342 e. The minimum absolute atomic E-state index is 0.0551. The average molecular weight is 404 g/mol. The molecule has 30 heavy (non-hydrogen) atoms. The van der Waals surface area contributed by atoms with Crippen LogP contribution in [0.2, 0.25) is 0 Å². The van der Waals surface area contributed by atoms with Gasteiger partial charge in [-0.05, 0) is 55.2 Å². The summed E-state index contributed by atoms with van der Waals surface area (Å²) in [6.07, 6.45) is 2.79. The third kappa shape index (κ3) is 4.79. The van der Waals surface area contributed by atoms with E-state index >= 15 is 0 Å². The lowest BCUT2D eigenvalue weighted by atomic mass is 9.98. The highest BCUT2D eigenvalue weighted by Crippen LogP contribution is 2.24. The third-order valence-electron chi connectivity index (χ3n) is 5.30. The zero-order valence-electron chi connectivity index (χ0n) is 17.5. The second-order valence-electron chi connectivity index (χ2n) is 7.26. The number of benzene rings is 2. The maximum absolute atomic E-state index is 14.5. The summed E-state index contributed by atoms with van der Waals surface area (Å²) in [4.78, 5) is 30.4. The summed E-state index contributed by atoms with van der Waals surface area (Å²) in [5.74, 6) is -0.837. The second kappa shape index (κ2) is 9.44. The Morgan fingerprint density at radius 1 is 1.03 bits per heavy atom. The zero-order chi connectivity index (χ0) is 21.7. The molecule has 0 aliphatic heterocycles. The Kier molecular flexibility index (Phi) is 6.72. The Morgan fingerprint density at radius 2 is 1.73 bits per heavy atom. The summed E-state index contributed by atoms with van der Waals surface area (Å²) < 4.78 is 14.5. The molecule has 1 aromatic heterocycles. The van der Waals surface area contributed by atoms with Crippen LogP contribution in [0.15, 0.2) is 60.8 Å². The van der Waals surface area contributed by atoms with E-state index < -0.39 is 5.82 Å². The van der Waals surface area contributed by atoms with E-state index in [-0.39, 0.29) is 17.3 Å². The lowest BCUT2D eigenvalue weighted by Gasteiger charge is -2.15. The maximum Gasteiger partial charge on any atom is 0.256 e. The Hall–Kier alpha value is -3.34. The molecule has 0 saturated carbocycles. The van der Waals surface area contributed by atoms with E-state index in [1.54, 1.807) is 43.6 Å². The van der Waals surface area contributed by atoms with Crippen molar-refractivity contribution in [2.24, 2.45) is 0 Å². The topological polar surface area (TPSA) is 50.3 Å². The van der Waals surface area contributed by atoms with Gasteiger partial charge in [0.15, 0.2) is 5.78 Å². The predicted molar refractivity (Wildman–Crippen MR) is 116 cm³/mol. The van der Waals surface area contributed by atoms with Crippen molar-refractivity contribution in [3.63, 3.8) is 0 Å². The molecule has 1 heterocycles. The number of rotatable bonds is 7. The summed E-state index contributed by atoms with van der Waals surface area (Å²) in [5.41, 5.74) is 4.14. The van der Waals surface area contributed by atoms with E-state index in [1.165, 1.54) is 17.0 Å². The van der Waals surface area contributed by atoms with Crippen molar-refractivity contribution in [2.75, 3.05) is 13.6 Å². The Labute approximate surface area is 176 Å². The molecule has 3 aromatic rings. The van der Waals surface area contributed by atoms with Gasteiger partial charge in [0.05, 0.1) is 5.56 Å². The van der Waals surface area contributed by atoms with Crippen LogP contribution in [0.25, 0.3) is 11.1 Å². The van der Waals surface area contributed by atoms with Crippen molar-refractivity contribution in [2.45, 2.75) is 26.7 Å². The summed E-state index contributed by atoms with van der Waals surface area (Å²) in [5, 5.41) is 0. The van der Waals surface area contributed by atoms with Gasteiger partial charge in [-0.15, -0.1) is 0 Å². The van der Waals surface area contributed by atoms with Gasteiger partial charge in [0.25, 0.3) is 5.91 Å². The number of aromatic nitrogens is 1. The number of Topliss-reactive ketones (excluding diaryl/α,β-unsaturated/α-hetero) is 1. The number of carbonyl (C=O) groups is 2. The highest BCUT2D eigenvalue weighted by molar-refractivity contribution is 5.97. The van der Waals surface area contributed by atoms with Crippen molar-refractivity contribution in [1.82, 2.24) is 9.88 Å². The fourth-order valence-electron chi connectivity index (χ4n) is 3.24. The molecular formula is C25H25FN2O2. The standard InChI is InChI=1S/C25H25FN2O2/c1-4-28(3)25(30)22-13-11-21(16-23(22)26)19-7-9-20(10-8-19)24(29)14-12-18-6-5-15-27-17(18)2/h5-11,13,15-16H,4,12,14H2,1-3H3. The smallest absolute Gasteiger partial charge is 0.256 e. The van der Waals surface area contributed by atoms with Crippen LogP contribution in [0, 0.1) is 12.7 Å². The molecule has 0 saturated heterocycles. The summed E-state index contributed by atoms with van der Waals surface area (Å²) in [6.45, 7) is 4.29. The molecule has 0 atom stereocenters. The van der Waals surface area contributed by atoms with Crippen molar-refractivity contribution in [1.29, 1.82) is 0 Å². The number of aryl methyl sites for hydroxylation is 2. The van der Waals surface area contributed by atoms with Crippen LogP contribution < -0.4 is 0 Å². The van der Waals surface area contributed by atoms with Crippen LogP contribution in [0.1, 0.15) is 45.3 Å². The molecule has 0 aliphatic rings. The number of ketones is 1. The van der Waals surface area contributed by atoms with E-state index in [9.17, 15) is 14.0 Å². The predicted octanol–water partition coefficient (Wildman–Crippen LogP) is 5.10. The first-order valence-corrected chi connectivity index (χ1v) is 10.00. The van der Waals surface area contributed by atoms with E-state index in [0.717, 1.165) is 16.8 Å². The van der Waals surface area contributed by atoms with Gasteiger partial charge in [0.2, 0.25) is 0 Å². The number of nitrogens with zero attached hydrogens (tertiary/aromatic N) is 2. The van der Waals surface area contributed by atoms with Crippen LogP contribution in [0.4, 0.5) is 4.39 Å². The fraction of sp³-hybridized carbons (Fsp3) is 0.240. The lowest BCUT2D eigenvalue weighted by molar-refractivity contribution is 0.0797. The summed E-state index contributed by atoms with van der Waals surface area (Å²) in [6, 6.07) is 15.6. The van der Waals surface area contributed by atoms with Crippen LogP contribution in [0.3, 0.4) is 0 Å². The molecule has 5 heteroatoms. The lowest BCUT2D eigenvalue weighted by Crippen LogP contribution is -2.27. The van der Waals surface area contributed by atoms with Crippen molar-refractivity contribution < 1.29 is 14.0 Å². The molecule has 3 rings (SSSR count). The monoisotopic (exact) mass is 404 g/mol. The van der Waals surface area contributed by atoms with Crippen molar-refractivity contribution in [3.05, 3.63) is 89.0 Å². The molecule has 0 bridgehead atoms. The van der Waals surface area contributed by atoms with Gasteiger partial charge in [-0.1, -0.05) is 36.4 Å². The SMILES string of the molecule is CCN(C)C(=O)c1ccc(-c2ccc(C(=O)CCc3cccnc3C)cc2)cc1F. The maximum atomic E-state index is 14.5. The zero-order valence-corrected chi connectivity index (χ0v) is 17.5. The highest BCUT2D eigenvalue weighted by Gasteiger charge is 2.16. The molecule has 0 spiro atoms. The van der Waals surface area contributed by atoms with Gasteiger partial charge in [0, 0.05) is 37.5 Å². The number of pyridine rings is 1. The molecule has 0 N–H and O–H groups in total. The highest BCUT2D eigenvalue weighted by atomic mass is 19.1. The Bertz CT molecular complexity index is 1060. The normalized spacial score (nSPS) is 10.7. The van der Waals surface area contributed by atoms with E-state index in [4.69, 9.17) is 0 Å². The minimum atomic E-state index is -0.551. The number of hydrogen-bond acceptors (Lipinski definition) is 3. The quantitative estimate of drug-likeness (QED) is 0.515. The molecule has 1 amide bonds. The van der Waals surface area contributed by atoms with Gasteiger partial charge in [-0.25, -0.2) is 4.39 Å². The number of hydrogen-bond donors (Lipinski definition) is 0. The molecule has 0 unspecified atom stereocenters.